The number of ether oxygens (including phenoxy) is 5. The Morgan fingerprint density at radius 1 is 0.944 bits per heavy atom. The molecule has 0 radical (unpaired) electrons. The van der Waals surface area contributed by atoms with Crippen LogP contribution in [0.5, 0.6) is 28.7 Å². The fourth-order valence-electron chi connectivity index (χ4n) is 3.82. The van der Waals surface area contributed by atoms with Crippen molar-refractivity contribution in [2.45, 2.75) is 26.1 Å². The van der Waals surface area contributed by atoms with Gasteiger partial charge in [-0.2, -0.15) is 0 Å². The van der Waals surface area contributed by atoms with Crippen LogP contribution in [-0.2, 0) is 13.1 Å². The zero-order valence-electron chi connectivity index (χ0n) is 21.1. The van der Waals surface area contributed by atoms with Crippen molar-refractivity contribution in [3.8, 4) is 28.7 Å². The lowest BCUT2D eigenvalue weighted by molar-refractivity contribution is 0.0593. The van der Waals surface area contributed by atoms with Crippen LogP contribution in [0.1, 0.15) is 28.6 Å². The van der Waals surface area contributed by atoms with E-state index in [0.717, 1.165) is 17.6 Å². The fraction of sp³-hybridized carbons (Fsp3) is 0.370. The van der Waals surface area contributed by atoms with Gasteiger partial charge in [-0.05, 0) is 55.0 Å². The van der Waals surface area contributed by atoms with Crippen LogP contribution in [0.15, 0.2) is 53.1 Å². The largest absolute Gasteiger partial charge is 0.493 e. The molecule has 0 aliphatic carbocycles. The van der Waals surface area contributed by atoms with Crippen LogP contribution in [0, 0.1) is 0 Å². The SMILES string of the molecule is CCOc1cc(C=O)ccc1OCC(O)CN(Cc1cc(OC)c(OC)c(OC)c1)Cc1ccco1. The van der Waals surface area contributed by atoms with Crippen LogP contribution in [-0.4, -0.2) is 63.5 Å². The summed E-state index contributed by atoms with van der Waals surface area (Å²) >= 11 is 0. The Bertz CT molecular complexity index is 1070. The van der Waals surface area contributed by atoms with Gasteiger partial charge in [0.05, 0.1) is 40.7 Å². The molecule has 2 aromatic carbocycles. The second-order valence-corrected chi connectivity index (χ2v) is 8.00. The van der Waals surface area contributed by atoms with E-state index in [4.69, 9.17) is 28.1 Å². The number of furan rings is 1. The van der Waals surface area contributed by atoms with E-state index in [1.807, 2.05) is 36.1 Å². The lowest BCUT2D eigenvalue weighted by Crippen LogP contribution is -2.35. The van der Waals surface area contributed by atoms with Gasteiger partial charge in [0.25, 0.3) is 0 Å². The summed E-state index contributed by atoms with van der Waals surface area (Å²) in [5.41, 5.74) is 1.40. The molecular formula is C27H33NO8. The number of aliphatic hydroxyl groups excluding tert-OH is 1. The first-order chi connectivity index (χ1) is 17.5. The van der Waals surface area contributed by atoms with E-state index in [-0.39, 0.29) is 6.61 Å². The number of hydrogen-bond acceptors (Lipinski definition) is 9. The molecule has 1 unspecified atom stereocenters. The third kappa shape index (κ3) is 7.16. The summed E-state index contributed by atoms with van der Waals surface area (Å²) in [6, 6.07) is 12.4. The Kier molecular flexibility index (Phi) is 10.0. The highest BCUT2D eigenvalue weighted by molar-refractivity contribution is 5.76. The van der Waals surface area contributed by atoms with Crippen molar-refractivity contribution in [1.82, 2.24) is 4.90 Å². The van der Waals surface area contributed by atoms with Crippen LogP contribution in [0.4, 0.5) is 0 Å². The van der Waals surface area contributed by atoms with Gasteiger partial charge in [0.15, 0.2) is 23.0 Å². The molecule has 0 spiro atoms. The molecule has 0 amide bonds. The standard InChI is InChI=1S/C27H33NO8/c1-5-34-24-11-19(17-29)8-9-23(24)36-18-21(30)15-28(16-22-7-6-10-35-22)14-20-12-25(31-2)27(33-4)26(13-20)32-3/h6-13,17,21,30H,5,14-16,18H2,1-4H3. The van der Waals surface area contributed by atoms with Crippen LogP contribution in [0.2, 0.25) is 0 Å². The van der Waals surface area contributed by atoms with Gasteiger partial charge in [-0.3, -0.25) is 9.69 Å². The molecule has 9 nitrogen and oxygen atoms in total. The van der Waals surface area contributed by atoms with E-state index in [1.54, 1.807) is 45.8 Å². The molecule has 0 saturated carbocycles. The maximum atomic E-state index is 11.1. The first kappa shape index (κ1) is 26.9. The predicted molar refractivity (Wildman–Crippen MR) is 133 cm³/mol. The molecule has 0 fully saturated rings. The number of hydrogen-bond donors (Lipinski definition) is 1. The Hall–Kier alpha value is -3.69. The number of aldehydes is 1. The summed E-state index contributed by atoms with van der Waals surface area (Å²) < 4.78 is 33.3. The third-order valence-corrected chi connectivity index (χ3v) is 5.39. The van der Waals surface area contributed by atoms with Crippen molar-refractivity contribution in [2.75, 3.05) is 41.1 Å². The van der Waals surface area contributed by atoms with Gasteiger partial charge in [0.1, 0.15) is 24.8 Å². The highest BCUT2D eigenvalue weighted by Gasteiger charge is 2.19. The van der Waals surface area contributed by atoms with E-state index < -0.39 is 6.10 Å². The second-order valence-electron chi connectivity index (χ2n) is 8.00. The fourth-order valence-corrected chi connectivity index (χ4v) is 3.82. The van der Waals surface area contributed by atoms with Gasteiger partial charge >= 0.3 is 0 Å². The molecule has 0 aliphatic rings. The first-order valence-corrected chi connectivity index (χ1v) is 11.6. The van der Waals surface area contributed by atoms with E-state index in [9.17, 15) is 9.90 Å². The Balaban J connectivity index is 1.74. The predicted octanol–water partition coefficient (Wildman–Crippen LogP) is 3.96. The molecule has 3 aromatic rings. The van der Waals surface area contributed by atoms with Crippen molar-refractivity contribution >= 4 is 6.29 Å². The van der Waals surface area contributed by atoms with Gasteiger partial charge in [0, 0.05) is 18.7 Å². The lowest BCUT2D eigenvalue weighted by atomic mass is 10.1. The average molecular weight is 500 g/mol. The van der Waals surface area contributed by atoms with Crippen LogP contribution in [0.25, 0.3) is 0 Å². The Morgan fingerprint density at radius 3 is 2.28 bits per heavy atom. The topological polar surface area (TPSA) is 99.8 Å². The van der Waals surface area contributed by atoms with Crippen LogP contribution in [0.3, 0.4) is 0 Å². The minimum atomic E-state index is -0.817. The maximum absolute atomic E-state index is 11.1. The van der Waals surface area contributed by atoms with Gasteiger partial charge in [0.2, 0.25) is 5.75 Å². The molecule has 0 saturated heterocycles. The number of aliphatic hydroxyl groups is 1. The maximum Gasteiger partial charge on any atom is 0.203 e. The van der Waals surface area contributed by atoms with E-state index >= 15 is 0 Å². The van der Waals surface area contributed by atoms with Gasteiger partial charge in [-0.25, -0.2) is 0 Å². The molecule has 1 atom stereocenters. The van der Waals surface area contributed by atoms with Crippen molar-refractivity contribution < 1.29 is 38.0 Å². The molecule has 3 rings (SSSR count). The highest BCUT2D eigenvalue weighted by Crippen LogP contribution is 2.38. The van der Waals surface area contributed by atoms with Crippen LogP contribution < -0.4 is 23.7 Å². The molecule has 194 valence electrons. The number of methoxy groups -OCH3 is 3. The molecule has 36 heavy (non-hydrogen) atoms. The Morgan fingerprint density at radius 2 is 1.69 bits per heavy atom. The number of carbonyl (C=O) groups is 1. The summed E-state index contributed by atoms with van der Waals surface area (Å²) in [4.78, 5) is 13.1. The van der Waals surface area contributed by atoms with Crippen molar-refractivity contribution in [3.05, 3.63) is 65.6 Å². The van der Waals surface area contributed by atoms with Gasteiger partial charge < -0.3 is 33.2 Å². The quantitative estimate of drug-likeness (QED) is 0.312. The van der Waals surface area contributed by atoms with Crippen molar-refractivity contribution in [2.24, 2.45) is 0 Å². The summed E-state index contributed by atoms with van der Waals surface area (Å²) in [7, 11) is 4.70. The van der Waals surface area contributed by atoms with E-state index in [1.165, 1.54) is 0 Å². The molecule has 1 heterocycles. The smallest absolute Gasteiger partial charge is 0.203 e. The van der Waals surface area contributed by atoms with Crippen molar-refractivity contribution in [1.29, 1.82) is 0 Å². The molecule has 1 aromatic heterocycles. The first-order valence-electron chi connectivity index (χ1n) is 11.6. The number of carbonyl (C=O) groups excluding carboxylic acids is 1. The van der Waals surface area contributed by atoms with Crippen molar-refractivity contribution in [3.63, 3.8) is 0 Å². The van der Waals surface area contributed by atoms with E-state index in [2.05, 4.69) is 0 Å². The molecule has 9 heteroatoms. The summed E-state index contributed by atoms with van der Waals surface area (Å²) in [5.74, 6) is 3.30. The molecule has 0 aliphatic heterocycles. The van der Waals surface area contributed by atoms with Crippen LogP contribution >= 0.6 is 0 Å². The Labute approximate surface area is 211 Å². The minimum Gasteiger partial charge on any atom is -0.493 e. The lowest BCUT2D eigenvalue weighted by Gasteiger charge is -2.25. The minimum absolute atomic E-state index is 0.0322. The van der Waals surface area contributed by atoms with Gasteiger partial charge in [-0.15, -0.1) is 0 Å². The molecular weight excluding hydrogens is 466 g/mol. The summed E-state index contributed by atoms with van der Waals surface area (Å²) in [6.45, 7) is 3.55. The number of nitrogens with zero attached hydrogens (tertiary/aromatic N) is 1. The molecule has 0 bridgehead atoms. The average Bonchev–Trinajstić information content (AvgIpc) is 3.40. The second kappa shape index (κ2) is 13.4. The number of rotatable bonds is 15. The zero-order valence-corrected chi connectivity index (χ0v) is 21.1. The summed E-state index contributed by atoms with van der Waals surface area (Å²) in [6.07, 6.45) is 1.55. The number of benzene rings is 2. The third-order valence-electron chi connectivity index (χ3n) is 5.39. The molecule has 1 N–H and O–H groups in total. The summed E-state index contributed by atoms with van der Waals surface area (Å²) in [5, 5.41) is 10.8. The highest BCUT2D eigenvalue weighted by atomic mass is 16.5. The zero-order chi connectivity index (χ0) is 25.9. The van der Waals surface area contributed by atoms with Gasteiger partial charge in [-0.1, -0.05) is 0 Å². The normalized spacial score (nSPS) is 11.7. The van der Waals surface area contributed by atoms with E-state index in [0.29, 0.717) is 60.6 Å². The monoisotopic (exact) mass is 499 g/mol.